The molecule has 0 aromatic heterocycles. The molecule has 0 saturated heterocycles. The van der Waals surface area contributed by atoms with Crippen LogP contribution in [0.15, 0.2) is 48.5 Å². The van der Waals surface area contributed by atoms with Crippen LogP contribution in [0.25, 0.3) is 0 Å². The van der Waals surface area contributed by atoms with Gasteiger partial charge in [-0.1, -0.05) is 49.1 Å². The first-order chi connectivity index (χ1) is 16.5. The zero-order chi connectivity index (χ0) is 25.6. The molecule has 1 N–H and O–H groups in total. The Morgan fingerprint density at radius 2 is 1.63 bits per heavy atom. The molecule has 0 spiro atoms. The number of nitrogens with one attached hydrogen (secondary N) is 1. The van der Waals surface area contributed by atoms with Crippen LogP contribution < -0.4 is 9.62 Å². The SMILES string of the molecule is Cc1ccc(N(CC(=O)N(Cc2ccc(F)cc2)[C@H](C)C(=O)NC2CCCCC2)S(C)(=O)=O)cc1. The van der Waals surface area contributed by atoms with Crippen LogP contribution in [0.3, 0.4) is 0 Å². The number of hydrogen-bond donors (Lipinski definition) is 1. The Labute approximate surface area is 207 Å². The first-order valence-electron chi connectivity index (χ1n) is 11.9. The molecule has 190 valence electrons. The Morgan fingerprint density at radius 3 is 2.20 bits per heavy atom. The maximum atomic E-state index is 13.5. The van der Waals surface area contributed by atoms with Gasteiger partial charge in [0.15, 0.2) is 0 Å². The van der Waals surface area contributed by atoms with Crippen LogP contribution in [0.4, 0.5) is 10.1 Å². The van der Waals surface area contributed by atoms with E-state index < -0.39 is 34.3 Å². The third kappa shape index (κ3) is 7.52. The molecule has 0 radical (unpaired) electrons. The van der Waals surface area contributed by atoms with Crippen molar-refractivity contribution in [1.29, 1.82) is 0 Å². The minimum absolute atomic E-state index is 0.0455. The number of rotatable bonds is 9. The second-order valence-electron chi connectivity index (χ2n) is 9.27. The summed E-state index contributed by atoms with van der Waals surface area (Å²) >= 11 is 0. The van der Waals surface area contributed by atoms with E-state index in [4.69, 9.17) is 0 Å². The van der Waals surface area contributed by atoms with Crippen molar-refractivity contribution in [2.45, 2.75) is 64.6 Å². The highest BCUT2D eigenvalue weighted by atomic mass is 32.2. The van der Waals surface area contributed by atoms with Crippen LogP contribution in [0, 0.1) is 12.7 Å². The molecule has 1 atom stereocenters. The van der Waals surface area contributed by atoms with Gasteiger partial charge in [0, 0.05) is 12.6 Å². The average molecular weight is 504 g/mol. The zero-order valence-electron chi connectivity index (χ0n) is 20.5. The molecule has 2 aromatic carbocycles. The smallest absolute Gasteiger partial charge is 0.244 e. The fourth-order valence-corrected chi connectivity index (χ4v) is 5.11. The van der Waals surface area contributed by atoms with Crippen LogP contribution in [-0.2, 0) is 26.2 Å². The van der Waals surface area contributed by atoms with Gasteiger partial charge in [-0.2, -0.15) is 0 Å². The van der Waals surface area contributed by atoms with Crippen LogP contribution in [-0.4, -0.2) is 50.0 Å². The number of carbonyl (C=O) groups is 2. The van der Waals surface area contributed by atoms with Crippen molar-refractivity contribution in [3.8, 4) is 0 Å². The Bertz CT molecular complexity index is 1110. The average Bonchev–Trinajstić information content (AvgIpc) is 2.82. The molecule has 0 heterocycles. The highest BCUT2D eigenvalue weighted by Gasteiger charge is 2.31. The zero-order valence-corrected chi connectivity index (χ0v) is 21.4. The highest BCUT2D eigenvalue weighted by Crippen LogP contribution is 2.21. The first kappa shape index (κ1) is 26.7. The molecule has 2 aromatic rings. The van der Waals surface area contributed by atoms with Gasteiger partial charge in [-0.05, 0) is 56.5 Å². The minimum atomic E-state index is -3.77. The van der Waals surface area contributed by atoms with Gasteiger partial charge in [-0.25, -0.2) is 12.8 Å². The van der Waals surface area contributed by atoms with E-state index in [2.05, 4.69) is 5.32 Å². The van der Waals surface area contributed by atoms with Crippen molar-refractivity contribution in [3.63, 3.8) is 0 Å². The van der Waals surface area contributed by atoms with E-state index in [9.17, 15) is 22.4 Å². The molecule has 0 unspecified atom stereocenters. The van der Waals surface area contributed by atoms with E-state index in [-0.39, 0.29) is 18.5 Å². The molecule has 3 rings (SSSR count). The lowest BCUT2D eigenvalue weighted by Gasteiger charge is -2.33. The summed E-state index contributed by atoms with van der Waals surface area (Å²) in [4.78, 5) is 28.0. The van der Waals surface area contributed by atoms with Crippen LogP contribution in [0.5, 0.6) is 0 Å². The van der Waals surface area contributed by atoms with Crippen LogP contribution in [0.2, 0.25) is 0 Å². The number of carbonyl (C=O) groups excluding carboxylic acids is 2. The molecule has 1 saturated carbocycles. The second-order valence-corrected chi connectivity index (χ2v) is 11.2. The van der Waals surface area contributed by atoms with Gasteiger partial charge in [0.25, 0.3) is 0 Å². The van der Waals surface area contributed by atoms with Gasteiger partial charge in [0.1, 0.15) is 18.4 Å². The van der Waals surface area contributed by atoms with Crippen molar-refractivity contribution in [2.24, 2.45) is 0 Å². The molecular formula is C26H34FN3O4S. The molecule has 2 amide bonds. The Hall–Kier alpha value is -2.94. The summed E-state index contributed by atoms with van der Waals surface area (Å²) in [6.07, 6.45) is 6.11. The maximum absolute atomic E-state index is 13.5. The molecule has 1 fully saturated rings. The molecule has 35 heavy (non-hydrogen) atoms. The number of aryl methyl sites for hydroxylation is 1. The molecule has 0 bridgehead atoms. The number of nitrogens with zero attached hydrogens (tertiary/aromatic N) is 2. The lowest BCUT2D eigenvalue weighted by molar-refractivity contribution is -0.139. The third-order valence-electron chi connectivity index (χ3n) is 6.39. The Balaban J connectivity index is 1.85. The monoisotopic (exact) mass is 503 g/mol. The van der Waals surface area contributed by atoms with Crippen molar-refractivity contribution in [2.75, 3.05) is 17.1 Å². The largest absolute Gasteiger partial charge is 0.352 e. The Kier molecular flexibility index (Phi) is 8.88. The second kappa shape index (κ2) is 11.7. The summed E-state index contributed by atoms with van der Waals surface area (Å²) < 4.78 is 39.6. The maximum Gasteiger partial charge on any atom is 0.244 e. The Morgan fingerprint density at radius 1 is 1.03 bits per heavy atom. The lowest BCUT2D eigenvalue weighted by atomic mass is 9.95. The van der Waals surface area contributed by atoms with Crippen LogP contribution >= 0.6 is 0 Å². The van der Waals surface area contributed by atoms with E-state index >= 15 is 0 Å². The van der Waals surface area contributed by atoms with E-state index in [1.165, 1.54) is 17.0 Å². The van der Waals surface area contributed by atoms with E-state index in [1.54, 1.807) is 43.3 Å². The summed E-state index contributed by atoms with van der Waals surface area (Å²) in [5, 5.41) is 3.05. The van der Waals surface area contributed by atoms with Gasteiger partial charge >= 0.3 is 0 Å². The van der Waals surface area contributed by atoms with Gasteiger partial charge in [0.05, 0.1) is 11.9 Å². The summed E-state index contributed by atoms with van der Waals surface area (Å²) in [5.74, 6) is -1.21. The minimum Gasteiger partial charge on any atom is -0.352 e. The van der Waals surface area contributed by atoms with Gasteiger partial charge in [0.2, 0.25) is 21.8 Å². The predicted molar refractivity (Wildman–Crippen MR) is 135 cm³/mol. The molecular weight excluding hydrogens is 469 g/mol. The van der Waals surface area contributed by atoms with Crippen molar-refractivity contribution < 1.29 is 22.4 Å². The standard InChI is InChI=1S/C26H34FN3O4S/c1-19-9-15-24(16-10-19)30(35(3,33)34)18-25(31)29(17-21-11-13-22(27)14-12-21)20(2)26(32)28-23-7-5-4-6-8-23/h9-16,20,23H,4-8,17-18H2,1-3H3,(H,28,32)/t20-/m1/s1. The van der Waals surface area contributed by atoms with Crippen molar-refractivity contribution in [3.05, 3.63) is 65.5 Å². The van der Waals surface area contributed by atoms with E-state index in [1.807, 2.05) is 6.92 Å². The summed E-state index contributed by atoms with van der Waals surface area (Å²) in [6.45, 7) is 3.11. The third-order valence-corrected chi connectivity index (χ3v) is 7.53. The van der Waals surface area contributed by atoms with E-state index in [0.717, 1.165) is 48.2 Å². The number of benzene rings is 2. The highest BCUT2D eigenvalue weighted by molar-refractivity contribution is 7.92. The molecule has 1 aliphatic carbocycles. The fourth-order valence-electron chi connectivity index (χ4n) is 4.26. The number of halogens is 1. The van der Waals surface area contributed by atoms with Gasteiger partial charge in [-0.3, -0.25) is 13.9 Å². The molecule has 1 aliphatic rings. The quantitative estimate of drug-likeness (QED) is 0.565. The molecule has 9 heteroatoms. The van der Waals surface area contributed by atoms with Gasteiger partial charge in [-0.15, -0.1) is 0 Å². The number of hydrogen-bond acceptors (Lipinski definition) is 4. The number of amides is 2. The first-order valence-corrected chi connectivity index (χ1v) is 13.8. The number of anilines is 1. The van der Waals surface area contributed by atoms with E-state index in [0.29, 0.717) is 11.3 Å². The lowest BCUT2D eigenvalue weighted by Crippen LogP contribution is -2.52. The summed E-state index contributed by atoms with van der Waals surface area (Å²) in [7, 11) is -3.77. The summed E-state index contributed by atoms with van der Waals surface area (Å²) in [5.41, 5.74) is 1.96. The fraction of sp³-hybridized carbons (Fsp3) is 0.462. The van der Waals surface area contributed by atoms with Crippen molar-refractivity contribution in [1.82, 2.24) is 10.2 Å². The van der Waals surface area contributed by atoms with Crippen LogP contribution in [0.1, 0.15) is 50.2 Å². The molecule has 0 aliphatic heterocycles. The predicted octanol–water partition coefficient (Wildman–Crippen LogP) is 3.77. The summed E-state index contributed by atoms with van der Waals surface area (Å²) in [6, 6.07) is 11.8. The topological polar surface area (TPSA) is 86.8 Å². The number of sulfonamides is 1. The normalized spacial score (nSPS) is 15.3. The molecule has 7 nitrogen and oxygen atoms in total. The van der Waals surface area contributed by atoms with Crippen molar-refractivity contribution >= 4 is 27.5 Å². The van der Waals surface area contributed by atoms with Gasteiger partial charge < -0.3 is 10.2 Å².